The van der Waals surface area contributed by atoms with Gasteiger partial charge in [0.1, 0.15) is 0 Å². The molecule has 0 heterocycles. The molecule has 1 N–H and O–H groups in total. The maximum absolute atomic E-state index is 3.41. The summed E-state index contributed by atoms with van der Waals surface area (Å²) in [7, 11) is 4.36. The highest BCUT2D eigenvalue weighted by Crippen LogP contribution is 2.22. The third-order valence-electron chi connectivity index (χ3n) is 3.61. The fourth-order valence-electron chi connectivity index (χ4n) is 2.44. The van der Waals surface area contributed by atoms with Crippen LogP contribution in [0.2, 0.25) is 0 Å². The standard InChI is InChI=1S/C12H26N2/c1-10(2)12(13-3)9-14(4)11-7-5-6-8-11/h10-13H,5-9H2,1-4H3. The Hall–Kier alpha value is -0.0800. The molecule has 0 aromatic carbocycles. The van der Waals surface area contributed by atoms with Crippen molar-refractivity contribution in [2.75, 3.05) is 20.6 Å². The summed E-state index contributed by atoms with van der Waals surface area (Å²) >= 11 is 0. The van der Waals surface area contributed by atoms with Crippen molar-refractivity contribution >= 4 is 0 Å². The number of rotatable bonds is 5. The topological polar surface area (TPSA) is 15.3 Å². The van der Waals surface area contributed by atoms with Gasteiger partial charge in [0.15, 0.2) is 0 Å². The van der Waals surface area contributed by atoms with E-state index in [1.807, 2.05) is 0 Å². The monoisotopic (exact) mass is 198 g/mol. The average molecular weight is 198 g/mol. The molecule has 0 aromatic rings. The van der Waals surface area contributed by atoms with Crippen LogP contribution in [0.1, 0.15) is 39.5 Å². The fourth-order valence-corrected chi connectivity index (χ4v) is 2.44. The van der Waals surface area contributed by atoms with Crippen molar-refractivity contribution in [1.29, 1.82) is 0 Å². The number of likely N-dealkylation sites (N-methyl/N-ethyl adjacent to an activating group) is 2. The molecular formula is C12H26N2. The number of nitrogens with one attached hydrogen (secondary N) is 1. The lowest BCUT2D eigenvalue weighted by molar-refractivity contribution is 0.203. The van der Waals surface area contributed by atoms with E-state index in [1.54, 1.807) is 0 Å². The lowest BCUT2D eigenvalue weighted by atomic mass is 10.0. The fraction of sp³-hybridized carbons (Fsp3) is 1.00. The van der Waals surface area contributed by atoms with E-state index in [2.05, 4.69) is 38.2 Å². The normalized spacial score (nSPS) is 21.0. The van der Waals surface area contributed by atoms with E-state index >= 15 is 0 Å². The van der Waals surface area contributed by atoms with Crippen LogP contribution in [0, 0.1) is 5.92 Å². The van der Waals surface area contributed by atoms with E-state index in [0.29, 0.717) is 6.04 Å². The van der Waals surface area contributed by atoms with Gasteiger partial charge in [-0.15, -0.1) is 0 Å². The van der Waals surface area contributed by atoms with E-state index in [4.69, 9.17) is 0 Å². The lowest BCUT2D eigenvalue weighted by Gasteiger charge is -2.30. The Morgan fingerprint density at radius 1 is 1.29 bits per heavy atom. The van der Waals surface area contributed by atoms with Gasteiger partial charge < -0.3 is 10.2 Å². The molecule has 1 atom stereocenters. The third kappa shape index (κ3) is 3.25. The highest BCUT2D eigenvalue weighted by Gasteiger charge is 2.22. The first-order chi connectivity index (χ1) is 6.65. The predicted octanol–water partition coefficient (Wildman–Crippen LogP) is 2.10. The van der Waals surface area contributed by atoms with Crippen LogP contribution in [0.3, 0.4) is 0 Å². The summed E-state index contributed by atoms with van der Waals surface area (Å²) in [6, 6.07) is 1.49. The number of hydrogen-bond acceptors (Lipinski definition) is 2. The molecule has 1 unspecified atom stereocenters. The van der Waals surface area contributed by atoms with Gasteiger partial charge in [0.2, 0.25) is 0 Å². The molecule has 0 bridgehead atoms. The quantitative estimate of drug-likeness (QED) is 0.728. The van der Waals surface area contributed by atoms with Gasteiger partial charge in [-0.2, -0.15) is 0 Å². The summed E-state index contributed by atoms with van der Waals surface area (Å²) < 4.78 is 0. The first-order valence-corrected chi connectivity index (χ1v) is 6.02. The molecule has 0 saturated heterocycles. The third-order valence-corrected chi connectivity index (χ3v) is 3.61. The van der Waals surface area contributed by atoms with Gasteiger partial charge in [-0.1, -0.05) is 26.7 Å². The van der Waals surface area contributed by atoms with Gasteiger partial charge in [0, 0.05) is 18.6 Å². The highest BCUT2D eigenvalue weighted by molar-refractivity contribution is 4.79. The summed E-state index contributed by atoms with van der Waals surface area (Å²) in [6.07, 6.45) is 5.68. The molecular weight excluding hydrogens is 172 g/mol. The van der Waals surface area contributed by atoms with E-state index in [0.717, 1.165) is 12.0 Å². The SMILES string of the molecule is CNC(CN(C)C1CCCC1)C(C)C. The van der Waals surface area contributed by atoms with Gasteiger partial charge in [-0.25, -0.2) is 0 Å². The molecule has 1 aliphatic rings. The van der Waals surface area contributed by atoms with Crippen LogP contribution >= 0.6 is 0 Å². The minimum Gasteiger partial charge on any atom is -0.315 e. The zero-order valence-electron chi connectivity index (χ0n) is 10.2. The first kappa shape index (κ1) is 12.0. The second-order valence-electron chi connectivity index (χ2n) is 5.02. The predicted molar refractivity (Wildman–Crippen MR) is 62.6 cm³/mol. The average Bonchev–Trinajstić information content (AvgIpc) is 2.65. The molecule has 14 heavy (non-hydrogen) atoms. The van der Waals surface area contributed by atoms with Gasteiger partial charge in [0.25, 0.3) is 0 Å². The first-order valence-electron chi connectivity index (χ1n) is 6.02. The van der Waals surface area contributed by atoms with Crippen LogP contribution in [0.15, 0.2) is 0 Å². The number of hydrogen-bond donors (Lipinski definition) is 1. The van der Waals surface area contributed by atoms with Crippen molar-refractivity contribution in [2.24, 2.45) is 5.92 Å². The van der Waals surface area contributed by atoms with Crippen molar-refractivity contribution in [3.63, 3.8) is 0 Å². The smallest absolute Gasteiger partial charge is 0.0214 e. The minimum atomic E-state index is 0.639. The molecule has 0 aliphatic heterocycles. The molecule has 2 heteroatoms. The van der Waals surface area contributed by atoms with Crippen molar-refractivity contribution in [1.82, 2.24) is 10.2 Å². The van der Waals surface area contributed by atoms with Crippen molar-refractivity contribution in [2.45, 2.75) is 51.6 Å². The molecule has 1 saturated carbocycles. The largest absolute Gasteiger partial charge is 0.315 e. The van der Waals surface area contributed by atoms with E-state index < -0.39 is 0 Å². The Morgan fingerprint density at radius 3 is 2.29 bits per heavy atom. The Balaban J connectivity index is 2.33. The van der Waals surface area contributed by atoms with E-state index in [-0.39, 0.29) is 0 Å². The summed E-state index contributed by atoms with van der Waals surface area (Å²) in [4.78, 5) is 2.55. The van der Waals surface area contributed by atoms with Crippen LogP contribution in [0.5, 0.6) is 0 Å². The van der Waals surface area contributed by atoms with Crippen LogP contribution in [-0.2, 0) is 0 Å². The van der Waals surface area contributed by atoms with Crippen molar-refractivity contribution in [3.05, 3.63) is 0 Å². The van der Waals surface area contributed by atoms with Crippen molar-refractivity contribution < 1.29 is 0 Å². The molecule has 2 nitrogen and oxygen atoms in total. The van der Waals surface area contributed by atoms with Crippen LogP contribution in [0.4, 0.5) is 0 Å². The van der Waals surface area contributed by atoms with E-state index in [1.165, 1.54) is 32.2 Å². The molecule has 0 amide bonds. The summed E-state index contributed by atoms with van der Waals surface area (Å²) in [5, 5.41) is 3.41. The van der Waals surface area contributed by atoms with E-state index in [9.17, 15) is 0 Å². The highest BCUT2D eigenvalue weighted by atomic mass is 15.2. The second-order valence-corrected chi connectivity index (χ2v) is 5.02. The van der Waals surface area contributed by atoms with Gasteiger partial charge in [-0.05, 0) is 32.9 Å². The minimum absolute atomic E-state index is 0.639. The van der Waals surface area contributed by atoms with Gasteiger partial charge in [-0.3, -0.25) is 0 Å². The Bertz CT molecular complexity index is 150. The van der Waals surface area contributed by atoms with Crippen LogP contribution < -0.4 is 5.32 Å². The van der Waals surface area contributed by atoms with Crippen LogP contribution in [0.25, 0.3) is 0 Å². The maximum Gasteiger partial charge on any atom is 0.0214 e. The van der Waals surface area contributed by atoms with Crippen LogP contribution in [-0.4, -0.2) is 37.6 Å². The summed E-state index contributed by atoms with van der Waals surface area (Å²) in [5.41, 5.74) is 0. The maximum atomic E-state index is 3.41. The molecule has 0 spiro atoms. The lowest BCUT2D eigenvalue weighted by Crippen LogP contribution is -2.44. The molecule has 1 rings (SSSR count). The molecule has 84 valence electrons. The Morgan fingerprint density at radius 2 is 1.86 bits per heavy atom. The van der Waals surface area contributed by atoms with Gasteiger partial charge in [0.05, 0.1) is 0 Å². The van der Waals surface area contributed by atoms with Gasteiger partial charge >= 0.3 is 0 Å². The molecule has 0 radical (unpaired) electrons. The summed E-state index contributed by atoms with van der Waals surface area (Å²) in [6.45, 7) is 5.78. The summed E-state index contributed by atoms with van der Waals surface area (Å²) in [5.74, 6) is 0.726. The number of nitrogens with zero attached hydrogens (tertiary/aromatic N) is 1. The molecule has 1 aliphatic carbocycles. The molecule has 1 fully saturated rings. The Kier molecular flexibility index (Phi) is 4.90. The van der Waals surface area contributed by atoms with Crippen molar-refractivity contribution in [3.8, 4) is 0 Å². The zero-order chi connectivity index (χ0) is 10.6. The second kappa shape index (κ2) is 5.72. The molecule has 0 aromatic heterocycles. The Labute approximate surface area is 89.1 Å². The zero-order valence-corrected chi connectivity index (χ0v) is 10.2.